The minimum absolute atomic E-state index is 0.0214. The standard InChI is InChI=1S/C21H25BrClN3O4S/c1-14(2)11-19(21(24)28)26(31(29,30)18-9-5-16(23)6-10-18)13-15-3-7-17(8-4-15)25-20(27)12-22/h3-10,14,19H,11-13H2,1-2H3,(H2,24,28)(H,25,27)/t19-/m1/s1. The second-order valence-electron chi connectivity index (χ2n) is 7.43. The van der Waals surface area contributed by atoms with Crippen LogP contribution in [-0.2, 0) is 26.2 Å². The van der Waals surface area contributed by atoms with E-state index in [4.69, 9.17) is 17.3 Å². The van der Waals surface area contributed by atoms with Gasteiger partial charge < -0.3 is 11.1 Å². The number of hydrogen-bond donors (Lipinski definition) is 2. The highest BCUT2D eigenvalue weighted by atomic mass is 79.9. The molecule has 0 bridgehead atoms. The number of halogens is 2. The van der Waals surface area contributed by atoms with E-state index in [2.05, 4.69) is 21.2 Å². The van der Waals surface area contributed by atoms with Crippen LogP contribution in [0.5, 0.6) is 0 Å². The highest BCUT2D eigenvalue weighted by molar-refractivity contribution is 9.09. The van der Waals surface area contributed by atoms with Crippen LogP contribution in [0.1, 0.15) is 25.8 Å². The van der Waals surface area contributed by atoms with Crippen molar-refractivity contribution in [2.24, 2.45) is 11.7 Å². The SMILES string of the molecule is CC(C)C[C@H](C(N)=O)N(Cc1ccc(NC(=O)CBr)cc1)S(=O)(=O)c1ccc(Cl)cc1. The summed E-state index contributed by atoms with van der Waals surface area (Å²) in [7, 11) is -4.04. The van der Waals surface area contributed by atoms with Crippen LogP contribution in [0, 0.1) is 5.92 Å². The monoisotopic (exact) mass is 529 g/mol. The fraction of sp³-hybridized carbons (Fsp3) is 0.333. The smallest absolute Gasteiger partial charge is 0.244 e. The summed E-state index contributed by atoms with van der Waals surface area (Å²) in [6, 6.07) is 11.5. The maximum Gasteiger partial charge on any atom is 0.244 e. The number of anilines is 1. The molecule has 2 rings (SSSR count). The molecule has 0 aliphatic rings. The van der Waals surface area contributed by atoms with Gasteiger partial charge in [-0.1, -0.05) is 53.5 Å². The van der Waals surface area contributed by atoms with E-state index in [1.165, 1.54) is 24.3 Å². The molecule has 0 fully saturated rings. The Morgan fingerprint density at radius 3 is 2.16 bits per heavy atom. The van der Waals surface area contributed by atoms with Crippen molar-refractivity contribution in [3.8, 4) is 0 Å². The molecule has 168 valence electrons. The van der Waals surface area contributed by atoms with Crippen LogP contribution < -0.4 is 11.1 Å². The molecule has 3 N–H and O–H groups in total. The number of carbonyl (C=O) groups excluding carboxylic acids is 2. The molecule has 0 unspecified atom stereocenters. The maximum atomic E-state index is 13.4. The van der Waals surface area contributed by atoms with Crippen molar-refractivity contribution in [2.45, 2.75) is 37.8 Å². The number of nitrogens with one attached hydrogen (secondary N) is 1. The van der Waals surface area contributed by atoms with Crippen LogP contribution in [0.15, 0.2) is 53.4 Å². The molecule has 10 heteroatoms. The van der Waals surface area contributed by atoms with Gasteiger partial charge in [0, 0.05) is 17.3 Å². The topological polar surface area (TPSA) is 110 Å². The third kappa shape index (κ3) is 7.03. The summed E-state index contributed by atoms with van der Waals surface area (Å²) in [6.07, 6.45) is 0.279. The van der Waals surface area contributed by atoms with E-state index < -0.39 is 22.0 Å². The lowest BCUT2D eigenvalue weighted by atomic mass is 10.0. The van der Waals surface area contributed by atoms with E-state index >= 15 is 0 Å². The normalized spacial score (nSPS) is 12.7. The molecule has 0 saturated carbocycles. The van der Waals surface area contributed by atoms with Gasteiger partial charge in [0.1, 0.15) is 6.04 Å². The number of nitrogens with zero attached hydrogens (tertiary/aromatic N) is 1. The predicted molar refractivity (Wildman–Crippen MR) is 125 cm³/mol. The predicted octanol–water partition coefficient (Wildman–Crippen LogP) is 3.76. The van der Waals surface area contributed by atoms with Crippen molar-refractivity contribution in [1.29, 1.82) is 0 Å². The molecular weight excluding hydrogens is 506 g/mol. The number of benzene rings is 2. The quantitative estimate of drug-likeness (QED) is 0.456. The van der Waals surface area contributed by atoms with Gasteiger partial charge in [-0.15, -0.1) is 0 Å². The van der Waals surface area contributed by atoms with Crippen molar-refractivity contribution in [3.05, 3.63) is 59.1 Å². The number of primary amides is 1. The second-order valence-corrected chi connectivity index (χ2v) is 10.3. The largest absolute Gasteiger partial charge is 0.368 e. The zero-order chi connectivity index (χ0) is 23.2. The molecule has 0 aliphatic carbocycles. The Bertz CT molecular complexity index is 1010. The summed E-state index contributed by atoms with van der Waals surface area (Å²) in [5.74, 6) is -0.875. The van der Waals surface area contributed by atoms with Crippen molar-refractivity contribution in [3.63, 3.8) is 0 Å². The summed E-state index contributed by atoms with van der Waals surface area (Å²) in [5.41, 5.74) is 6.84. The maximum absolute atomic E-state index is 13.4. The van der Waals surface area contributed by atoms with Crippen LogP contribution in [0.3, 0.4) is 0 Å². The summed E-state index contributed by atoms with van der Waals surface area (Å²) < 4.78 is 28.0. The molecule has 7 nitrogen and oxygen atoms in total. The molecular formula is C21H25BrClN3O4S. The van der Waals surface area contributed by atoms with Gasteiger partial charge in [-0.05, 0) is 54.3 Å². The molecule has 0 spiro atoms. The Morgan fingerprint density at radius 2 is 1.68 bits per heavy atom. The molecule has 0 aromatic heterocycles. The minimum atomic E-state index is -4.04. The van der Waals surface area contributed by atoms with Gasteiger partial charge in [-0.25, -0.2) is 8.42 Å². The summed E-state index contributed by atoms with van der Waals surface area (Å²) in [6.45, 7) is 3.73. The van der Waals surface area contributed by atoms with Crippen LogP contribution >= 0.6 is 27.5 Å². The molecule has 0 aliphatic heterocycles. The molecule has 2 amide bonds. The third-order valence-electron chi connectivity index (χ3n) is 4.49. The highest BCUT2D eigenvalue weighted by Gasteiger charge is 2.35. The molecule has 0 saturated heterocycles. The van der Waals surface area contributed by atoms with Crippen LogP contribution in [0.2, 0.25) is 5.02 Å². The Labute approximate surface area is 196 Å². The molecule has 0 heterocycles. The molecule has 0 radical (unpaired) electrons. The van der Waals surface area contributed by atoms with Gasteiger partial charge in [-0.2, -0.15) is 4.31 Å². The Morgan fingerprint density at radius 1 is 1.10 bits per heavy atom. The fourth-order valence-corrected chi connectivity index (χ4v) is 4.86. The summed E-state index contributed by atoms with van der Waals surface area (Å²) in [4.78, 5) is 23.8. The van der Waals surface area contributed by atoms with E-state index in [9.17, 15) is 18.0 Å². The minimum Gasteiger partial charge on any atom is -0.368 e. The number of amides is 2. The molecule has 2 aromatic carbocycles. The molecule has 31 heavy (non-hydrogen) atoms. The number of nitrogens with two attached hydrogens (primary N) is 1. The van der Waals surface area contributed by atoms with Gasteiger partial charge in [0.05, 0.1) is 10.2 Å². The highest BCUT2D eigenvalue weighted by Crippen LogP contribution is 2.26. The average molecular weight is 531 g/mol. The van der Waals surface area contributed by atoms with Gasteiger partial charge in [0.15, 0.2) is 0 Å². The summed E-state index contributed by atoms with van der Waals surface area (Å²) >= 11 is 8.98. The Hall–Kier alpha value is -1.94. The second kappa shape index (κ2) is 11.1. The van der Waals surface area contributed by atoms with E-state index in [0.29, 0.717) is 16.3 Å². The zero-order valence-corrected chi connectivity index (χ0v) is 20.4. The van der Waals surface area contributed by atoms with Crippen LogP contribution in [-0.4, -0.2) is 35.9 Å². The number of carbonyl (C=O) groups is 2. The first-order chi connectivity index (χ1) is 14.5. The lowest BCUT2D eigenvalue weighted by Gasteiger charge is -2.30. The van der Waals surface area contributed by atoms with Gasteiger partial charge in [-0.3, -0.25) is 9.59 Å². The zero-order valence-electron chi connectivity index (χ0n) is 17.2. The first kappa shape index (κ1) is 25.3. The van der Waals surface area contributed by atoms with E-state index in [1.54, 1.807) is 24.3 Å². The van der Waals surface area contributed by atoms with Gasteiger partial charge >= 0.3 is 0 Å². The van der Waals surface area contributed by atoms with Crippen molar-refractivity contribution < 1.29 is 18.0 Å². The van der Waals surface area contributed by atoms with Crippen molar-refractivity contribution in [1.82, 2.24) is 4.31 Å². The Kier molecular flexibility index (Phi) is 9.05. The lowest BCUT2D eigenvalue weighted by Crippen LogP contribution is -2.48. The van der Waals surface area contributed by atoms with E-state index in [-0.39, 0.29) is 35.0 Å². The van der Waals surface area contributed by atoms with Crippen molar-refractivity contribution >= 4 is 55.1 Å². The Balaban J connectivity index is 2.43. The van der Waals surface area contributed by atoms with Gasteiger partial charge in [0.2, 0.25) is 21.8 Å². The first-order valence-electron chi connectivity index (χ1n) is 9.56. The summed E-state index contributed by atoms with van der Waals surface area (Å²) in [5, 5.41) is 3.26. The van der Waals surface area contributed by atoms with Crippen molar-refractivity contribution in [2.75, 3.05) is 10.6 Å². The number of sulfonamides is 1. The first-order valence-corrected chi connectivity index (χ1v) is 12.5. The fourth-order valence-electron chi connectivity index (χ4n) is 2.99. The number of hydrogen-bond acceptors (Lipinski definition) is 4. The van der Waals surface area contributed by atoms with Crippen LogP contribution in [0.25, 0.3) is 0 Å². The van der Waals surface area contributed by atoms with E-state index in [0.717, 1.165) is 4.31 Å². The van der Waals surface area contributed by atoms with E-state index in [1.807, 2.05) is 13.8 Å². The van der Waals surface area contributed by atoms with Gasteiger partial charge in [0.25, 0.3) is 0 Å². The third-order valence-corrected chi connectivity index (χ3v) is 7.12. The average Bonchev–Trinajstić information content (AvgIpc) is 2.71. The lowest BCUT2D eigenvalue weighted by molar-refractivity contribution is -0.122. The molecule has 1 atom stereocenters. The van der Waals surface area contributed by atoms with Crippen LogP contribution in [0.4, 0.5) is 5.69 Å². The number of alkyl halides is 1. The molecule has 2 aromatic rings. The number of rotatable bonds is 10.